The summed E-state index contributed by atoms with van der Waals surface area (Å²) >= 11 is 0. The summed E-state index contributed by atoms with van der Waals surface area (Å²) in [6, 6.07) is 8.09. The number of ether oxygens (including phenoxy) is 1. The van der Waals surface area contributed by atoms with E-state index >= 15 is 0 Å². The van der Waals surface area contributed by atoms with Crippen molar-refractivity contribution in [1.29, 1.82) is 0 Å². The van der Waals surface area contributed by atoms with Crippen molar-refractivity contribution in [3.63, 3.8) is 0 Å². The van der Waals surface area contributed by atoms with Crippen LogP contribution in [-0.2, 0) is 10.3 Å². The van der Waals surface area contributed by atoms with Crippen molar-refractivity contribution in [3.8, 4) is 17.6 Å². The van der Waals surface area contributed by atoms with Gasteiger partial charge in [-0.1, -0.05) is 24.0 Å². The lowest BCUT2D eigenvalue weighted by molar-refractivity contribution is -0.129. The first-order valence-corrected chi connectivity index (χ1v) is 9.25. The number of carbonyl (C=O) groups excluding carboxylic acids is 1. The molecule has 0 spiro atoms. The van der Waals surface area contributed by atoms with Gasteiger partial charge in [-0.15, -0.1) is 0 Å². The highest BCUT2D eigenvalue weighted by molar-refractivity contribution is 6.09. The van der Waals surface area contributed by atoms with E-state index in [4.69, 9.17) is 5.73 Å². The lowest BCUT2D eigenvalue weighted by Gasteiger charge is -2.27. The third kappa shape index (κ3) is 4.06. The number of guanidine groups is 1. The van der Waals surface area contributed by atoms with Gasteiger partial charge in [-0.2, -0.15) is 8.78 Å². The SMILES string of the molecule is Cc1cc(C2(c3ccc(F)c(C#CCCF)c3)N=C(N)N(C)C2=O)ccc1OC(F)F. The van der Waals surface area contributed by atoms with Crippen molar-refractivity contribution in [2.75, 3.05) is 13.7 Å². The van der Waals surface area contributed by atoms with E-state index in [0.717, 1.165) is 11.0 Å². The third-order valence-electron chi connectivity index (χ3n) is 4.88. The largest absolute Gasteiger partial charge is 0.435 e. The number of amides is 1. The minimum absolute atomic E-state index is 0.0316. The monoisotopic (exact) mass is 433 g/mol. The minimum Gasteiger partial charge on any atom is -0.435 e. The van der Waals surface area contributed by atoms with Gasteiger partial charge >= 0.3 is 6.61 Å². The van der Waals surface area contributed by atoms with Crippen molar-refractivity contribution in [2.45, 2.75) is 25.5 Å². The maximum absolute atomic E-state index is 14.3. The average Bonchev–Trinajstić information content (AvgIpc) is 2.95. The zero-order valence-corrected chi connectivity index (χ0v) is 16.8. The number of alkyl halides is 3. The number of halogens is 4. The zero-order valence-electron chi connectivity index (χ0n) is 16.8. The average molecular weight is 433 g/mol. The van der Waals surface area contributed by atoms with Crippen molar-refractivity contribution in [2.24, 2.45) is 10.7 Å². The highest BCUT2D eigenvalue weighted by Crippen LogP contribution is 2.41. The molecule has 162 valence electrons. The first-order chi connectivity index (χ1) is 14.7. The number of hydrogen-bond acceptors (Lipinski definition) is 4. The van der Waals surface area contributed by atoms with Gasteiger partial charge in [0.15, 0.2) is 11.5 Å². The molecule has 2 aromatic carbocycles. The molecular weight excluding hydrogens is 414 g/mol. The molecule has 0 aliphatic carbocycles. The smallest absolute Gasteiger partial charge is 0.387 e. The molecule has 0 fully saturated rings. The molecule has 1 unspecified atom stereocenters. The Labute approximate surface area is 176 Å². The molecule has 3 rings (SSSR count). The fourth-order valence-electron chi connectivity index (χ4n) is 3.34. The molecule has 1 amide bonds. The fraction of sp³-hybridized carbons (Fsp3) is 0.273. The first-order valence-electron chi connectivity index (χ1n) is 9.25. The Kier molecular flexibility index (Phi) is 6.20. The summed E-state index contributed by atoms with van der Waals surface area (Å²) < 4.78 is 56.3. The second-order valence-electron chi connectivity index (χ2n) is 6.84. The van der Waals surface area contributed by atoms with Crippen LogP contribution >= 0.6 is 0 Å². The van der Waals surface area contributed by atoms with E-state index in [1.807, 2.05) is 0 Å². The molecule has 1 heterocycles. The van der Waals surface area contributed by atoms with Crippen molar-refractivity contribution < 1.29 is 27.1 Å². The number of rotatable bonds is 5. The van der Waals surface area contributed by atoms with Crippen LogP contribution in [0.5, 0.6) is 5.75 Å². The summed E-state index contributed by atoms with van der Waals surface area (Å²) in [5, 5.41) is 0. The second-order valence-corrected chi connectivity index (χ2v) is 6.84. The van der Waals surface area contributed by atoms with E-state index in [1.54, 1.807) is 6.92 Å². The van der Waals surface area contributed by atoms with Gasteiger partial charge in [0, 0.05) is 13.5 Å². The van der Waals surface area contributed by atoms with Gasteiger partial charge in [-0.05, 0) is 47.9 Å². The Morgan fingerprint density at radius 2 is 1.90 bits per heavy atom. The summed E-state index contributed by atoms with van der Waals surface area (Å²) in [6.07, 6.45) is -0.0631. The molecule has 2 N–H and O–H groups in total. The standard InChI is InChI=1S/C22H19F4N3O2/c1-13-11-15(7-9-18(13)31-20(25)26)22(19(30)29(2)21(27)28-22)16-6-8-17(24)14(12-16)5-3-4-10-23/h6-9,11-12,20H,4,10H2,1-2H3,(H2,27,28). The van der Waals surface area contributed by atoms with Crippen molar-refractivity contribution in [3.05, 3.63) is 64.5 Å². The first kappa shape index (κ1) is 22.2. The molecule has 9 heteroatoms. The molecule has 0 aromatic heterocycles. The fourth-order valence-corrected chi connectivity index (χ4v) is 3.34. The van der Waals surface area contributed by atoms with E-state index in [2.05, 4.69) is 21.6 Å². The van der Waals surface area contributed by atoms with Crippen LogP contribution < -0.4 is 10.5 Å². The molecule has 5 nitrogen and oxygen atoms in total. The molecule has 1 aliphatic heterocycles. The number of aliphatic imine (C=N–C) groups is 1. The van der Waals surface area contributed by atoms with Gasteiger partial charge in [0.25, 0.3) is 5.91 Å². The molecule has 1 atom stereocenters. The molecule has 31 heavy (non-hydrogen) atoms. The van der Waals surface area contributed by atoms with Gasteiger partial charge in [0.05, 0.1) is 5.56 Å². The van der Waals surface area contributed by atoms with Crippen LogP contribution in [0.15, 0.2) is 41.4 Å². The molecule has 2 aromatic rings. The Morgan fingerprint density at radius 3 is 2.48 bits per heavy atom. The molecule has 1 aliphatic rings. The minimum atomic E-state index is -3.01. The van der Waals surface area contributed by atoms with Gasteiger partial charge in [0.2, 0.25) is 0 Å². The number of nitrogens with two attached hydrogens (primary N) is 1. The highest BCUT2D eigenvalue weighted by Gasteiger charge is 2.49. The van der Waals surface area contributed by atoms with Crippen molar-refractivity contribution in [1.82, 2.24) is 4.90 Å². The predicted molar refractivity (Wildman–Crippen MR) is 107 cm³/mol. The lowest BCUT2D eigenvalue weighted by Crippen LogP contribution is -2.41. The summed E-state index contributed by atoms with van der Waals surface area (Å²) in [6.45, 7) is -2.13. The van der Waals surface area contributed by atoms with Crippen LogP contribution in [0.1, 0.15) is 28.7 Å². The summed E-state index contributed by atoms with van der Waals surface area (Å²) in [5.74, 6) is 3.80. The van der Waals surface area contributed by atoms with E-state index in [1.165, 1.54) is 37.4 Å². The number of benzene rings is 2. The van der Waals surface area contributed by atoms with E-state index in [9.17, 15) is 22.4 Å². The number of nitrogens with zero attached hydrogens (tertiary/aromatic N) is 2. The Morgan fingerprint density at radius 1 is 1.23 bits per heavy atom. The van der Waals surface area contributed by atoms with Crippen molar-refractivity contribution >= 4 is 11.9 Å². The quantitative estimate of drug-likeness (QED) is 0.580. The van der Waals surface area contributed by atoms with Crippen LogP contribution in [0, 0.1) is 24.6 Å². The third-order valence-corrected chi connectivity index (χ3v) is 4.88. The van der Waals surface area contributed by atoms with Crippen LogP contribution in [0.3, 0.4) is 0 Å². The molecule has 0 saturated heterocycles. The molecule has 0 radical (unpaired) electrons. The molecule has 0 bridgehead atoms. The number of carbonyl (C=O) groups is 1. The lowest BCUT2D eigenvalue weighted by atomic mass is 9.81. The number of aryl methyl sites for hydroxylation is 1. The maximum Gasteiger partial charge on any atom is 0.387 e. The predicted octanol–water partition coefficient (Wildman–Crippen LogP) is 3.48. The normalized spacial score (nSPS) is 18.1. The number of likely N-dealkylation sites (N-methyl/N-ethyl adjacent to an activating group) is 1. The highest BCUT2D eigenvalue weighted by atomic mass is 19.3. The zero-order chi connectivity index (χ0) is 22.8. The summed E-state index contributed by atoms with van der Waals surface area (Å²) in [7, 11) is 1.44. The van der Waals surface area contributed by atoms with Crippen LogP contribution in [0.25, 0.3) is 0 Å². The van der Waals surface area contributed by atoms with Gasteiger partial charge in [0.1, 0.15) is 18.2 Å². The van der Waals surface area contributed by atoms with Gasteiger partial charge in [-0.25, -0.2) is 9.38 Å². The summed E-state index contributed by atoms with van der Waals surface area (Å²) in [5.41, 5.74) is 5.16. The number of hydrogen-bond donors (Lipinski definition) is 1. The van der Waals surface area contributed by atoms with E-state index in [0.29, 0.717) is 11.1 Å². The molecule has 0 saturated carbocycles. The topological polar surface area (TPSA) is 67.9 Å². The van der Waals surface area contributed by atoms with Gasteiger partial charge in [-0.3, -0.25) is 14.1 Å². The van der Waals surface area contributed by atoms with Crippen LogP contribution in [0.2, 0.25) is 0 Å². The van der Waals surface area contributed by atoms with E-state index in [-0.39, 0.29) is 29.3 Å². The Hall–Kier alpha value is -3.54. The van der Waals surface area contributed by atoms with E-state index < -0.39 is 30.5 Å². The van der Waals surface area contributed by atoms with Crippen LogP contribution in [-0.4, -0.2) is 37.1 Å². The molecular formula is C22H19F4N3O2. The van der Waals surface area contributed by atoms with Crippen LogP contribution in [0.4, 0.5) is 17.6 Å². The Balaban J connectivity index is 2.20. The Bertz CT molecular complexity index is 1110. The van der Waals surface area contributed by atoms with Gasteiger partial charge < -0.3 is 10.5 Å². The second kappa shape index (κ2) is 8.68. The maximum atomic E-state index is 14.3. The summed E-state index contributed by atoms with van der Waals surface area (Å²) in [4.78, 5) is 18.8.